The van der Waals surface area contributed by atoms with Crippen molar-refractivity contribution in [3.05, 3.63) is 47.8 Å². The van der Waals surface area contributed by atoms with Crippen molar-refractivity contribution in [2.24, 2.45) is 5.92 Å². The molecule has 0 saturated heterocycles. The highest BCUT2D eigenvalue weighted by Gasteiger charge is 2.19. The first kappa shape index (κ1) is 12.7. The molecule has 2 aromatic carbocycles. The first-order chi connectivity index (χ1) is 8.69. The van der Waals surface area contributed by atoms with Gasteiger partial charge in [-0.1, -0.05) is 38.1 Å². The molecule has 0 aliphatic heterocycles. The normalized spacial score (nSPS) is 11.1. The zero-order chi connectivity index (χ0) is 13.1. The molecule has 18 heavy (non-hydrogen) atoms. The fourth-order valence-corrected chi connectivity index (χ4v) is 2.36. The van der Waals surface area contributed by atoms with E-state index in [2.05, 4.69) is 0 Å². The van der Waals surface area contributed by atoms with Crippen LogP contribution < -0.4 is 0 Å². The van der Waals surface area contributed by atoms with Crippen molar-refractivity contribution in [3.8, 4) is 0 Å². The van der Waals surface area contributed by atoms with Crippen molar-refractivity contribution in [3.63, 3.8) is 0 Å². The van der Waals surface area contributed by atoms with Gasteiger partial charge in [-0.15, -0.1) is 0 Å². The predicted octanol–water partition coefficient (Wildman–Crippen LogP) is 4.60. The molecule has 2 aromatic rings. The molecule has 0 amide bonds. The van der Waals surface area contributed by atoms with E-state index in [9.17, 15) is 9.18 Å². The number of ketones is 1. The van der Waals surface area contributed by atoms with Crippen LogP contribution in [0.2, 0.25) is 0 Å². The van der Waals surface area contributed by atoms with Crippen LogP contribution in [0.15, 0.2) is 36.4 Å². The summed E-state index contributed by atoms with van der Waals surface area (Å²) in [6.45, 7) is 4.02. The molecule has 2 rings (SSSR count). The topological polar surface area (TPSA) is 17.1 Å². The van der Waals surface area contributed by atoms with Crippen molar-refractivity contribution < 1.29 is 9.18 Å². The molecule has 0 aliphatic carbocycles. The maximum absolute atomic E-state index is 13.7. The molecule has 0 atom stereocenters. The lowest BCUT2D eigenvalue weighted by atomic mass is 9.90. The first-order valence-corrected chi connectivity index (χ1v) is 6.40. The Kier molecular flexibility index (Phi) is 3.75. The van der Waals surface area contributed by atoms with Crippen LogP contribution in [-0.4, -0.2) is 5.78 Å². The molecule has 0 spiro atoms. The summed E-state index contributed by atoms with van der Waals surface area (Å²) < 4.78 is 13.7. The number of carbonyl (C=O) groups excluding carboxylic acids is 1. The predicted molar refractivity (Wildman–Crippen MR) is 72.3 cm³/mol. The molecular formula is C16H17FO. The second-order valence-electron chi connectivity index (χ2n) is 4.52. The average molecular weight is 244 g/mol. The zero-order valence-corrected chi connectivity index (χ0v) is 10.7. The highest BCUT2D eigenvalue weighted by molar-refractivity contribution is 6.09. The van der Waals surface area contributed by atoms with Gasteiger partial charge in [-0.2, -0.15) is 0 Å². The lowest BCUT2D eigenvalue weighted by Crippen LogP contribution is -2.13. The quantitative estimate of drug-likeness (QED) is 0.718. The van der Waals surface area contributed by atoms with Crippen LogP contribution in [0, 0.1) is 11.7 Å². The summed E-state index contributed by atoms with van der Waals surface area (Å²) >= 11 is 0. The smallest absolute Gasteiger partial charge is 0.166 e. The third kappa shape index (κ3) is 2.15. The minimum atomic E-state index is -0.272. The molecule has 0 radical (unpaired) electrons. The Bertz CT molecular complexity index is 570. The fraction of sp³-hybridized carbons (Fsp3) is 0.312. The summed E-state index contributed by atoms with van der Waals surface area (Å²) in [6, 6.07) is 10.2. The summed E-state index contributed by atoms with van der Waals surface area (Å²) in [6.07, 6.45) is 1.64. The minimum absolute atomic E-state index is 0.0267. The molecule has 0 unspecified atom stereocenters. The molecule has 0 heterocycles. The van der Waals surface area contributed by atoms with Gasteiger partial charge in [0.1, 0.15) is 5.82 Å². The van der Waals surface area contributed by atoms with Gasteiger partial charge >= 0.3 is 0 Å². The van der Waals surface area contributed by atoms with Gasteiger partial charge in [0.05, 0.1) is 0 Å². The van der Waals surface area contributed by atoms with E-state index in [1.807, 2.05) is 26.0 Å². The van der Waals surface area contributed by atoms with E-state index >= 15 is 0 Å². The van der Waals surface area contributed by atoms with E-state index in [0.717, 1.165) is 18.2 Å². The average Bonchev–Trinajstić information content (AvgIpc) is 2.41. The Morgan fingerprint density at radius 1 is 1.06 bits per heavy atom. The van der Waals surface area contributed by atoms with Gasteiger partial charge in [0.2, 0.25) is 0 Å². The van der Waals surface area contributed by atoms with Crippen molar-refractivity contribution in [1.82, 2.24) is 0 Å². The van der Waals surface area contributed by atoms with Crippen LogP contribution in [0.1, 0.15) is 37.0 Å². The van der Waals surface area contributed by atoms with E-state index in [1.54, 1.807) is 18.2 Å². The Hall–Kier alpha value is -1.70. The number of Topliss-reactive ketones (excluding diaryl/α,β-unsaturated/α-hetero) is 1. The largest absolute Gasteiger partial charge is 0.294 e. The highest BCUT2D eigenvalue weighted by atomic mass is 19.1. The number of fused-ring (bicyclic) bond motifs is 1. The lowest BCUT2D eigenvalue weighted by Gasteiger charge is -2.13. The number of benzene rings is 2. The summed E-state index contributed by atoms with van der Waals surface area (Å²) in [5.41, 5.74) is 0.640. The molecule has 2 heteroatoms. The molecule has 0 N–H and O–H groups in total. The van der Waals surface area contributed by atoms with Crippen molar-refractivity contribution in [2.75, 3.05) is 0 Å². The Labute approximate surface area is 107 Å². The summed E-state index contributed by atoms with van der Waals surface area (Å²) in [5, 5.41) is 1.24. The second-order valence-corrected chi connectivity index (χ2v) is 4.52. The van der Waals surface area contributed by atoms with Gasteiger partial charge < -0.3 is 0 Å². The maximum Gasteiger partial charge on any atom is 0.166 e. The molecule has 1 nitrogen and oxygen atoms in total. The van der Waals surface area contributed by atoms with Crippen LogP contribution in [0.25, 0.3) is 10.8 Å². The number of hydrogen-bond acceptors (Lipinski definition) is 1. The van der Waals surface area contributed by atoms with Crippen LogP contribution in [0.3, 0.4) is 0 Å². The second kappa shape index (κ2) is 5.30. The van der Waals surface area contributed by atoms with Crippen molar-refractivity contribution >= 4 is 16.6 Å². The van der Waals surface area contributed by atoms with Gasteiger partial charge in [-0.05, 0) is 30.4 Å². The van der Waals surface area contributed by atoms with Gasteiger partial charge in [-0.3, -0.25) is 4.79 Å². The van der Waals surface area contributed by atoms with Gasteiger partial charge in [0, 0.05) is 16.9 Å². The van der Waals surface area contributed by atoms with Gasteiger partial charge in [0.25, 0.3) is 0 Å². The zero-order valence-electron chi connectivity index (χ0n) is 10.7. The number of carbonyl (C=O) groups is 1. The number of rotatable bonds is 4. The molecule has 0 saturated carbocycles. The van der Waals surface area contributed by atoms with Crippen LogP contribution in [0.5, 0.6) is 0 Å². The van der Waals surface area contributed by atoms with Gasteiger partial charge in [0.15, 0.2) is 5.78 Å². The summed E-state index contributed by atoms with van der Waals surface area (Å²) in [4.78, 5) is 12.4. The standard InChI is InChI=1S/C16H17FO/c1-3-11(4-2)16(18)14-9-10-15(17)13-8-6-5-7-12(13)14/h5-11H,3-4H2,1-2H3. The number of hydrogen-bond donors (Lipinski definition) is 0. The van der Waals surface area contributed by atoms with Crippen molar-refractivity contribution in [2.45, 2.75) is 26.7 Å². The Morgan fingerprint density at radius 2 is 1.67 bits per heavy atom. The van der Waals surface area contributed by atoms with E-state index in [-0.39, 0.29) is 17.5 Å². The first-order valence-electron chi connectivity index (χ1n) is 6.40. The third-order valence-electron chi connectivity index (χ3n) is 3.49. The Balaban J connectivity index is 2.58. The van der Waals surface area contributed by atoms with E-state index in [0.29, 0.717) is 10.9 Å². The van der Waals surface area contributed by atoms with E-state index < -0.39 is 0 Å². The molecule has 94 valence electrons. The lowest BCUT2D eigenvalue weighted by molar-refractivity contribution is 0.0915. The maximum atomic E-state index is 13.7. The van der Waals surface area contributed by atoms with Crippen LogP contribution in [-0.2, 0) is 0 Å². The molecular weight excluding hydrogens is 227 g/mol. The fourth-order valence-electron chi connectivity index (χ4n) is 2.36. The number of halogens is 1. The highest BCUT2D eigenvalue weighted by Crippen LogP contribution is 2.25. The SMILES string of the molecule is CCC(CC)C(=O)c1ccc(F)c2ccccc12. The summed E-state index contributed by atoms with van der Waals surface area (Å²) in [7, 11) is 0. The van der Waals surface area contributed by atoms with E-state index in [1.165, 1.54) is 6.07 Å². The molecule has 0 aliphatic rings. The molecule has 0 bridgehead atoms. The van der Waals surface area contributed by atoms with E-state index in [4.69, 9.17) is 0 Å². The monoisotopic (exact) mass is 244 g/mol. The third-order valence-corrected chi connectivity index (χ3v) is 3.49. The Morgan fingerprint density at radius 3 is 2.28 bits per heavy atom. The van der Waals surface area contributed by atoms with Crippen molar-refractivity contribution in [1.29, 1.82) is 0 Å². The summed E-state index contributed by atoms with van der Waals surface area (Å²) in [5.74, 6) is -0.123. The van der Waals surface area contributed by atoms with Gasteiger partial charge in [-0.25, -0.2) is 4.39 Å². The molecule has 0 aromatic heterocycles. The molecule has 0 fully saturated rings. The van der Waals surface area contributed by atoms with Crippen LogP contribution in [0.4, 0.5) is 4.39 Å². The minimum Gasteiger partial charge on any atom is -0.294 e. The van der Waals surface area contributed by atoms with Crippen LogP contribution >= 0.6 is 0 Å².